The van der Waals surface area contributed by atoms with E-state index >= 15 is 0 Å². The first kappa shape index (κ1) is 28.7. The minimum Gasteiger partial charge on any atom is -0.494 e. The van der Waals surface area contributed by atoms with Crippen LogP contribution in [-0.2, 0) is 26.2 Å². The maximum Gasteiger partial charge on any atom is 0.242 e. The maximum absolute atomic E-state index is 13.2. The van der Waals surface area contributed by atoms with Crippen molar-refractivity contribution in [2.45, 2.75) is 39.3 Å². The molecule has 0 fully saturated rings. The molecule has 8 nitrogen and oxygen atoms in total. The molecule has 2 aromatic rings. The second-order valence-electron chi connectivity index (χ2n) is 7.91. The lowest BCUT2D eigenvalue weighted by atomic mass is 10.1. The summed E-state index contributed by atoms with van der Waals surface area (Å²) in [6.45, 7) is 4.20. The van der Waals surface area contributed by atoms with E-state index in [1.807, 2.05) is 6.92 Å². The number of ether oxygens (including phenoxy) is 1. The van der Waals surface area contributed by atoms with Gasteiger partial charge in [-0.05, 0) is 62.2 Å². The summed E-state index contributed by atoms with van der Waals surface area (Å²) in [4.78, 5) is 26.9. The lowest BCUT2D eigenvalue weighted by Crippen LogP contribution is -2.46. The number of amides is 2. The number of rotatable bonds is 12. The van der Waals surface area contributed by atoms with E-state index in [1.54, 1.807) is 49.4 Å². The highest BCUT2D eigenvalue weighted by atomic mass is 35.5. The van der Waals surface area contributed by atoms with Gasteiger partial charge < -0.3 is 15.0 Å². The van der Waals surface area contributed by atoms with Crippen LogP contribution in [-0.4, -0.2) is 57.6 Å². The molecular weight excluding hydrogens is 513 g/mol. The molecule has 1 N–H and O–H groups in total. The molecule has 0 heterocycles. The fourth-order valence-electron chi connectivity index (χ4n) is 3.50. The minimum atomic E-state index is -3.58. The van der Waals surface area contributed by atoms with Gasteiger partial charge in [0.25, 0.3) is 0 Å². The number of likely N-dealkylation sites (N-methyl/N-ethyl adjacent to an activating group) is 1. The van der Waals surface area contributed by atoms with E-state index in [1.165, 1.54) is 16.3 Å². The quantitative estimate of drug-likeness (QED) is 0.434. The van der Waals surface area contributed by atoms with E-state index < -0.39 is 16.1 Å². The third-order valence-electron chi connectivity index (χ3n) is 5.36. The van der Waals surface area contributed by atoms with Crippen molar-refractivity contribution in [3.63, 3.8) is 0 Å². The predicted octanol–water partition coefficient (Wildman–Crippen LogP) is 4.10. The van der Waals surface area contributed by atoms with Crippen molar-refractivity contribution in [1.82, 2.24) is 10.2 Å². The molecule has 1 atom stereocenters. The zero-order chi connectivity index (χ0) is 26.2. The summed E-state index contributed by atoms with van der Waals surface area (Å²) in [5.41, 5.74) is 1.12. The molecular formula is C24H31Cl2N3O5S. The topological polar surface area (TPSA) is 96.0 Å². The molecule has 0 saturated heterocycles. The van der Waals surface area contributed by atoms with Gasteiger partial charge in [-0.3, -0.25) is 13.9 Å². The number of anilines is 1. The Hall–Kier alpha value is -2.49. The van der Waals surface area contributed by atoms with Crippen molar-refractivity contribution < 1.29 is 22.7 Å². The van der Waals surface area contributed by atoms with Crippen LogP contribution in [0.1, 0.15) is 32.3 Å². The SMILES string of the molecule is CCOc1ccc(N(CCCC(=O)N(Cc2ccc(Cl)cc2Cl)[C@@H](C)C(=O)NC)S(C)(=O)=O)cc1. The molecule has 192 valence electrons. The Morgan fingerprint density at radius 1 is 1.11 bits per heavy atom. The molecule has 0 unspecified atom stereocenters. The number of hydrogen-bond donors (Lipinski definition) is 1. The Kier molecular flexibility index (Phi) is 10.7. The first-order valence-electron chi connectivity index (χ1n) is 11.1. The summed E-state index contributed by atoms with van der Waals surface area (Å²) in [6.07, 6.45) is 1.41. The van der Waals surface area contributed by atoms with Crippen molar-refractivity contribution in [2.24, 2.45) is 0 Å². The smallest absolute Gasteiger partial charge is 0.242 e. The Labute approximate surface area is 217 Å². The molecule has 0 radical (unpaired) electrons. The highest BCUT2D eigenvalue weighted by molar-refractivity contribution is 7.92. The minimum absolute atomic E-state index is 0.0373. The molecule has 0 aromatic heterocycles. The number of halogens is 2. The predicted molar refractivity (Wildman–Crippen MR) is 140 cm³/mol. The van der Waals surface area contributed by atoms with Crippen LogP contribution in [0.5, 0.6) is 5.75 Å². The van der Waals surface area contributed by atoms with Crippen LogP contribution in [0, 0.1) is 0 Å². The molecule has 2 rings (SSSR count). The fourth-order valence-corrected chi connectivity index (χ4v) is 4.94. The number of carbonyl (C=O) groups excluding carboxylic acids is 2. The first-order chi connectivity index (χ1) is 16.5. The average Bonchev–Trinajstić information content (AvgIpc) is 2.80. The fraction of sp³-hybridized carbons (Fsp3) is 0.417. The Morgan fingerprint density at radius 2 is 1.77 bits per heavy atom. The maximum atomic E-state index is 13.2. The Morgan fingerprint density at radius 3 is 2.31 bits per heavy atom. The number of nitrogens with one attached hydrogen (secondary N) is 1. The van der Waals surface area contributed by atoms with Gasteiger partial charge >= 0.3 is 0 Å². The van der Waals surface area contributed by atoms with Crippen molar-refractivity contribution in [1.29, 1.82) is 0 Å². The summed E-state index contributed by atoms with van der Waals surface area (Å²) >= 11 is 12.3. The van der Waals surface area contributed by atoms with Crippen LogP contribution in [0.4, 0.5) is 5.69 Å². The summed E-state index contributed by atoms with van der Waals surface area (Å²) in [5, 5.41) is 3.41. The van der Waals surface area contributed by atoms with Gasteiger partial charge in [-0.15, -0.1) is 0 Å². The van der Waals surface area contributed by atoms with Gasteiger partial charge in [0.05, 0.1) is 18.6 Å². The molecule has 0 bridgehead atoms. The number of nitrogens with zero attached hydrogens (tertiary/aromatic N) is 2. The largest absolute Gasteiger partial charge is 0.494 e. The molecule has 0 aliphatic heterocycles. The van der Waals surface area contributed by atoms with Crippen LogP contribution in [0.15, 0.2) is 42.5 Å². The molecule has 0 aliphatic rings. The Bertz CT molecular complexity index is 1130. The van der Waals surface area contributed by atoms with Gasteiger partial charge in [0.2, 0.25) is 21.8 Å². The summed E-state index contributed by atoms with van der Waals surface area (Å²) < 4.78 is 31.5. The van der Waals surface area contributed by atoms with Crippen molar-refractivity contribution >= 4 is 50.7 Å². The molecule has 0 spiro atoms. The zero-order valence-corrected chi connectivity index (χ0v) is 22.6. The van der Waals surface area contributed by atoms with Gasteiger partial charge in [0.1, 0.15) is 11.8 Å². The van der Waals surface area contributed by atoms with Crippen LogP contribution >= 0.6 is 23.2 Å². The first-order valence-corrected chi connectivity index (χ1v) is 13.7. The number of benzene rings is 2. The normalized spacial score (nSPS) is 12.1. The van der Waals surface area contributed by atoms with Crippen molar-refractivity contribution in [2.75, 3.05) is 30.8 Å². The summed E-state index contributed by atoms with van der Waals surface area (Å²) in [6, 6.07) is 10.9. The summed E-state index contributed by atoms with van der Waals surface area (Å²) in [5.74, 6) is 0.0161. The van der Waals surface area contributed by atoms with Gasteiger partial charge in [0.15, 0.2) is 0 Å². The molecule has 0 saturated carbocycles. The zero-order valence-electron chi connectivity index (χ0n) is 20.3. The van der Waals surface area contributed by atoms with E-state index in [0.29, 0.717) is 33.7 Å². The van der Waals surface area contributed by atoms with Crippen molar-refractivity contribution in [3.05, 3.63) is 58.1 Å². The number of hydrogen-bond acceptors (Lipinski definition) is 5. The highest BCUT2D eigenvalue weighted by Crippen LogP contribution is 2.25. The van der Waals surface area contributed by atoms with E-state index in [2.05, 4.69) is 5.32 Å². The van der Waals surface area contributed by atoms with E-state index in [0.717, 1.165) is 6.26 Å². The van der Waals surface area contributed by atoms with Gasteiger partial charge in [-0.25, -0.2) is 8.42 Å². The summed E-state index contributed by atoms with van der Waals surface area (Å²) in [7, 11) is -2.08. The lowest BCUT2D eigenvalue weighted by molar-refractivity contribution is -0.140. The molecule has 35 heavy (non-hydrogen) atoms. The van der Waals surface area contributed by atoms with Crippen LogP contribution in [0.2, 0.25) is 10.0 Å². The molecule has 2 aromatic carbocycles. The highest BCUT2D eigenvalue weighted by Gasteiger charge is 2.26. The lowest BCUT2D eigenvalue weighted by Gasteiger charge is -2.29. The number of carbonyl (C=O) groups is 2. The van der Waals surface area contributed by atoms with E-state index in [9.17, 15) is 18.0 Å². The third-order valence-corrected chi connectivity index (χ3v) is 7.14. The van der Waals surface area contributed by atoms with Crippen LogP contribution in [0.3, 0.4) is 0 Å². The number of sulfonamides is 1. The monoisotopic (exact) mass is 543 g/mol. The van der Waals surface area contributed by atoms with Crippen LogP contribution < -0.4 is 14.4 Å². The van der Waals surface area contributed by atoms with Crippen molar-refractivity contribution in [3.8, 4) is 5.75 Å². The molecule has 2 amide bonds. The molecule has 0 aliphatic carbocycles. The second kappa shape index (κ2) is 13.0. The van der Waals surface area contributed by atoms with Crippen LogP contribution in [0.25, 0.3) is 0 Å². The standard InChI is InChI=1S/C24H31Cl2N3O5S/c1-5-34-21-12-10-20(11-13-21)29(35(4,32)33)14-6-7-23(30)28(17(2)24(31)27-3)16-18-8-9-19(25)15-22(18)26/h8-13,15,17H,5-7,14,16H2,1-4H3,(H,27,31)/t17-/m0/s1. The van der Waals surface area contributed by atoms with Gasteiger partial charge in [0, 0.05) is 36.6 Å². The molecule has 11 heteroatoms. The van der Waals surface area contributed by atoms with E-state index in [4.69, 9.17) is 27.9 Å². The second-order valence-corrected chi connectivity index (χ2v) is 10.7. The van der Waals surface area contributed by atoms with Gasteiger partial charge in [-0.1, -0.05) is 29.3 Å². The average molecular weight is 545 g/mol. The van der Waals surface area contributed by atoms with Gasteiger partial charge in [-0.2, -0.15) is 0 Å². The Balaban J connectivity index is 2.16. The van der Waals surface area contributed by atoms with E-state index in [-0.39, 0.29) is 37.7 Å². The third kappa shape index (κ3) is 8.30.